The highest BCUT2D eigenvalue weighted by Crippen LogP contribution is 2.55. The topological polar surface area (TPSA) is 0 Å². The van der Waals surface area contributed by atoms with E-state index in [0.29, 0.717) is 5.82 Å². The van der Waals surface area contributed by atoms with E-state index < -0.39 is 0 Å². The van der Waals surface area contributed by atoms with Crippen molar-refractivity contribution in [3.63, 3.8) is 0 Å². The van der Waals surface area contributed by atoms with Crippen molar-refractivity contribution < 1.29 is 0 Å². The lowest BCUT2D eigenvalue weighted by atomic mass is 9.49. The molecule has 10 atom stereocenters. The molecule has 0 spiro atoms. The Labute approximate surface area is 167 Å². The molecule has 2 rings (SSSR count). The maximum atomic E-state index is 6.89. The molecule has 150 valence electrons. The van der Waals surface area contributed by atoms with Crippen LogP contribution in [0.2, 0.25) is 5.82 Å². The number of hydrogen-bond donors (Lipinski definition) is 0. The van der Waals surface area contributed by atoms with Crippen molar-refractivity contribution in [2.24, 2.45) is 59.2 Å². The third-order valence-corrected chi connectivity index (χ3v) is 9.17. The molecule has 26 heavy (non-hydrogen) atoms. The molecule has 0 N–H and O–H groups in total. The van der Waals surface area contributed by atoms with E-state index in [1.165, 1.54) is 38.5 Å². The summed E-state index contributed by atoms with van der Waals surface area (Å²) in [6.45, 7) is 19.6. The molecule has 2 aliphatic carbocycles. The van der Waals surface area contributed by atoms with Gasteiger partial charge in [0.1, 0.15) is 0 Å². The van der Waals surface area contributed by atoms with Gasteiger partial charge in [-0.25, -0.2) is 0 Å². The summed E-state index contributed by atoms with van der Waals surface area (Å²) in [5, 5.41) is 0. The lowest BCUT2D eigenvalue weighted by Crippen LogP contribution is -2.44. The van der Waals surface area contributed by atoms with Crippen molar-refractivity contribution in [2.75, 3.05) is 0 Å². The summed E-state index contributed by atoms with van der Waals surface area (Å²) < 4.78 is 0. The average Bonchev–Trinajstić information content (AvgIpc) is 3.01. The molecule has 0 amide bonds. The maximum Gasteiger partial charge on any atom is 0.0703 e. The fourth-order valence-corrected chi connectivity index (χ4v) is 6.63. The second kappa shape index (κ2) is 9.51. The Morgan fingerprint density at radius 2 is 1.58 bits per heavy atom. The molecular formula is C25H47B. The lowest BCUT2D eigenvalue weighted by Gasteiger charge is -2.52. The van der Waals surface area contributed by atoms with E-state index >= 15 is 0 Å². The quantitative estimate of drug-likeness (QED) is 0.372. The first kappa shape index (κ1) is 22.4. The van der Waals surface area contributed by atoms with E-state index in [2.05, 4.69) is 55.4 Å². The van der Waals surface area contributed by atoms with E-state index in [0.717, 1.165) is 59.2 Å². The van der Waals surface area contributed by atoms with Crippen molar-refractivity contribution >= 4 is 7.85 Å². The SMILES string of the molecule is [B]C(CC(CC)C(C)C(C)C)C1C(C)CC1C(C)C(C)C1CCC(C)C1. The second-order valence-corrected chi connectivity index (χ2v) is 11.0. The summed E-state index contributed by atoms with van der Waals surface area (Å²) in [6.07, 6.45) is 8.33. The zero-order valence-corrected chi connectivity index (χ0v) is 19.2. The van der Waals surface area contributed by atoms with Crippen molar-refractivity contribution in [3.8, 4) is 0 Å². The fourth-order valence-electron chi connectivity index (χ4n) is 6.63. The minimum Gasteiger partial charge on any atom is -0.0738 e. The Morgan fingerprint density at radius 1 is 0.923 bits per heavy atom. The van der Waals surface area contributed by atoms with Gasteiger partial charge in [-0.05, 0) is 78.4 Å². The zero-order valence-electron chi connectivity index (χ0n) is 19.2. The van der Waals surface area contributed by atoms with Gasteiger partial charge in [0.15, 0.2) is 0 Å². The first-order valence-corrected chi connectivity index (χ1v) is 11.9. The van der Waals surface area contributed by atoms with E-state index in [9.17, 15) is 0 Å². The number of rotatable bonds is 9. The van der Waals surface area contributed by atoms with Gasteiger partial charge in [-0.2, -0.15) is 0 Å². The molecule has 0 heterocycles. The van der Waals surface area contributed by atoms with Gasteiger partial charge in [-0.1, -0.05) is 80.5 Å². The Morgan fingerprint density at radius 3 is 2.04 bits per heavy atom. The Hall–Kier alpha value is 0.0649. The molecule has 10 unspecified atom stereocenters. The van der Waals surface area contributed by atoms with Gasteiger partial charge in [0.05, 0.1) is 7.85 Å². The molecule has 0 aromatic carbocycles. The molecule has 0 aromatic rings. The van der Waals surface area contributed by atoms with Gasteiger partial charge in [-0.3, -0.25) is 0 Å². The van der Waals surface area contributed by atoms with Gasteiger partial charge < -0.3 is 0 Å². The molecule has 0 nitrogen and oxygen atoms in total. The van der Waals surface area contributed by atoms with Crippen LogP contribution in [0, 0.1) is 59.2 Å². The van der Waals surface area contributed by atoms with Crippen LogP contribution in [0.4, 0.5) is 0 Å². The van der Waals surface area contributed by atoms with Crippen LogP contribution in [0.1, 0.15) is 93.9 Å². The normalized spacial score (nSPS) is 37.8. The smallest absolute Gasteiger partial charge is 0.0703 e. The van der Waals surface area contributed by atoms with E-state index in [1.54, 1.807) is 0 Å². The molecule has 1 heteroatoms. The van der Waals surface area contributed by atoms with Crippen LogP contribution >= 0.6 is 0 Å². The van der Waals surface area contributed by atoms with E-state index in [-0.39, 0.29) is 0 Å². The third-order valence-electron chi connectivity index (χ3n) is 9.17. The van der Waals surface area contributed by atoms with E-state index in [1.807, 2.05) is 0 Å². The van der Waals surface area contributed by atoms with Crippen LogP contribution in [-0.2, 0) is 0 Å². The van der Waals surface area contributed by atoms with Crippen LogP contribution in [0.3, 0.4) is 0 Å². The minimum atomic E-state index is 0.409. The maximum absolute atomic E-state index is 6.89. The van der Waals surface area contributed by atoms with Crippen molar-refractivity contribution in [3.05, 3.63) is 0 Å². The lowest BCUT2D eigenvalue weighted by molar-refractivity contribution is -0.00213. The van der Waals surface area contributed by atoms with Crippen LogP contribution in [0.25, 0.3) is 0 Å². The van der Waals surface area contributed by atoms with Crippen molar-refractivity contribution in [2.45, 2.75) is 99.7 Å². The molecule has 2 saturated carbocycles. The average molecular weight is 358 g/mol. The Balaban J connectivity index is 1.96. The Kier molecular flexibility index (Phi) is 8.18. The van der Waals surface area contributed by atoms with Crippen molar-refractivity contribution in [1.29, 1.82) is 0 Å². The first-order valence-electron chi connectivity index (χ1n) is 11.9. The van der Waals surface area contributed by atoms with Gasteiger partial charge in [0.2, 0.25) is 0 Å². The molecule has 2 radical (unpaired) electrons. The molecule has 0 bridgehead atoms. The molecule has 0 aromatic heterocycles. The highest BCUT2D eigenvalue weighted by atomic mass is 14.5. The third kappa shape index (κ3) is 4.91. The van der Waals surface area contributed by atoms with Crippen molar-refractivity contribution in [1.82, 2.24) is 0 Å². The largest absolute Gasteiger partial charge is 0.0738 e. The highest BCUT2D eigenvalue weighted by Gasteiger charge is 2.46. The predicted octanol–water partition coefficient (Wildman–Crippen LogP) is 7.63. The summed E-state index contributed by atoms with van der Waals surface area (Å²) in [4.78, 5) is 0. The van der Waals surface area contributed by atoms with Gasteiger partial charge in [-0.15, -0.1) is 0 Å². The highest BCUT2D eigenvalue weighted by molar-refractivity contribution is 6.11. The number of hydrogen-bond acceptors (Lipinski definition) is 0. The monoisotopic (exact) mass is 358 g/mol. The van der Waals surface area contributed by atoms with Crippen LogP contribution in [0.5, 0.6) is 0 Å². The molecule has 2 fully saturated rings. The minimum absolute atomic E-state index is 0.409. The zero-order chi connectivity index (χ0) is 19.6. The molecule has 0 saturated heterocycles. The molecule has 2 aliphatic rings. The summed E-state index contributed by atoms with van der Waals surface area (Å²) in [5.41, 5.74) is 0. The fraction of sp³-hybridized carbons (Fsp3) is 1.00. The summed E-state index contributed by atoms with van der Waals surface area (Å²) in [6, 6.07) is 0. The van der Waals surface area contributed by atoms with Crippen LogP contribution in [-0.4, -0.2) is 7.85 Å². The van der Waals surface area contributed by atoms with Crippen LogP contribution < -0.4 is 0 Å². The molecular weight excluding hydrogens is 311 g/mol. The van der Waals surface area contributed by atoms with Gasteiger partial charge in [0, 0.05) is 0 Å². The summed E-state index contributed by atoms with van der Waals surface area (Å²) in [7, 11) is 6.89. The van der Waals surface area contributed by atoms with Gasteiger partial charge >= 0.3 is 0 Å². The standard InChI is InChI=1S/C25H47B/c1-9-21(18(6)15(2)3)14-24(26)25-17(5)13-23(25)20(8)19(7)22-11-10-16(4)12-22/h15-25H,9-14H2,1-8H3. The Bertz CT molecular complexity index is 416. The first-order chi connectivity index (χ1) is 12.2. The van der Waals surface area contributed by atoms with Crippen LogP contribution in [0.15, 0.2) is 0 Å². The second-order valence-electron chi connectivity index (χ2n) is 11.0. The predicted molar refractivity (Wildman–Crippen MR) is 117 cm³/mol. The summed E-state index contributed by atoms with van der Waals surface area (Å²) in [5.74, 6) is 8.88. The molecule has 0 aliphatic heterocycles. The summed E-state index contributed by atoms with van der Waals surface area (Å²) >= 11 is 0. The van der Waals surface area contributed by atoms with Gasteiger partial charge in [0.25, 0.3) is 0 Å². The van der Waals surface area contributed by atoms with E-state index in [4.69, 9.17) is 7.85 Å².